The Balaban J connectivity index is 2.05. The van der Waals surface area contributed by atoms with Crippen LogP contribution in [-0.2, 0) is 10.0 Å². The minimum Gasteiger partial charge on any atom is -0.493 e. The molecule has 0 saturated carbocycles. The van der Waals surface area contributed by atoms with E-state index in [0.29, 0.717) is 23.1 Å². The first kappa shape index (κ1) is 20.0. The van der Waals surface area contributed by atoms with Crippen molar-refractivity contribution >= 4 is 21.6 Å². The molecule has 3 rings (SSSR count). The van der Waals surface area contributed by atoms with Gasteiger partial charge in [0.2, 0.25) is 10.0 Å². The van der Waals surface area contributed by atoms with E-state index in [4.69, 9.17) is 21.1 Å². The van der Waals surface area contributed by atoms with Crippen molar-refractivity contribution in [3.63, 3.8) is 0 Å². The van der Waals surface area contributed by atoms with Crippen LogP contribution in [0.2, 0.25) is 5.02 Å². The molecule has 1 heterocycles. The quantitative estimate of drug-likeness (QED) is 0.720. The molecular weight excluding hydrogens is 386 g/mol. The minimum atomic E-state index is -3.72. The maximum Gasteiger partial charge on any atom is 0.243 e. The number of hydrogen-bond donors (Lipinski definition) is 0. The van der Waals surface area contributed by atoms with Gasteiger partial charge in [-0.2, -0.15) is 4.31 Å². The molecule has 0 bridgehead atoms. The average molecular weight is 410 g/mol. The number of nitrogens with zero attached hydrogens (tertiary/aromatic N) is 1. The summed E-state index contributed by atoms with van der Waals surface area (Å²) in [5, 5.41) is 0.594. The fraction of sp³-hybridized carbons (Fsp3) is 0.400. The standard InChI is InChI=1S/C20H24ClNO4S/c1-25-19-12-11-15(14-20(19)26-2)27(23,24)22-13-7-3-4-10-18(22)16-8-5-6-9-17(16)21/h5-6,8-9,11-12,14,18H,3-4,7,10,13H2,1-2H3. The molecule has 1 saturated heterocycles. The van der Waals surface area contributed by atoms with Crippen LogP contribution in [0.4, 0.5) is 0 Å². The summed E-state index contributed by atoms with van der Waals surface area (Å²) in [4.78, 5) is 0.194. The van der Waals surface area contributed by atoms with Crippen LogP contribution < -0.4 is 9.47 Å². The second kappa shape index (κ2) is 8.50. The molecule has 1 atom stereocenters. The number of hydrogen-bond acceptors (Lipinski definition) is 4. The van der Waals surface area contributed by atoms with Crippen molar-refractivity contribution in [2.75, 3.05) is 20.8 Å². The molecule has 0 radical (unpaired) electrons. The topological polar surface area (TPSA) is 55.8 Å². The van der Waals surface area contributed by atoms with E-state index in [1.54, 1.807) is 16.4 Å². The van der Waals surface area contributed by atoms with Crippen LogP contribution in [0.3, 0.4) is 0 Å². The van der Waals surface area contributed by atoms with E-state index in [1.807, 2.05) is 24.3 Å². The molecule has 0 aromatic heterocycles. The first-order chi connectivity index (χ1) is 13.0. The Morgan fingerprint density at radius 2 is 1.74 bits per heavy atom. The Hall–Kier alpha value is -1.76. The van der Waals surface area contributed by atoms with E-state index in [-0.39, 0.29) is 10.9 Å². The van der Waals surface area contributed by atoms with Crippen molar-refractivity contribution in [1.82, 2.24) is 4.31 Å². The Kier molecular flexibility index (Phi) is 6.29. The first-order valence-corrected chi connectivity index (χ1v) is 10.8. The van der Waals surface area contributed by atoms with Crippen molar-refractivity contribution in [3.05, 3.63) is 53.1 Å². The normalized spacial score (nSPS) is 18.7. The molecule has 2 aromatic rings. The highest BCUT2D eigenvalue weighted by atomic mass is 35.5. The Morgan fingerprint density at radius 1 is 1.00 bits per heavy atom. The molecule has 27 heavy (non-hydrogen) atoms. The van der Waals surface area contributed by atoms with E-state index < -0.39 is 10.0 Å². The van der Waals surface area contributed by atoms with E-state index in [2.05, 4.69) is 0 Å². The third kappa shape index (κ3) is 4.08. The minimum absolute atomic E-state index is 0.194. The van der Waals surface area contributed by atoms with Crippen molar-refractivity contribution < 1.29 is 17.9 Å². The van der Waals surface area contributed by atoms with E-state index in [9.17, 15) is 8.42 Å². The van der Waals surface area contributed by atoms with Gasteiger partial charge in [0, 0.05) is 17.6 Å². The number of benzene rings is 2. The summed E-state index contributed by atoms with van der Waals surface area (Å²) in [5.41, 5.74) is 0.852. The van der Waals surface area contributed by atoms with Crippen LogP contribution in [0.1, 0.15) is 37.3 Å². The van der Waals surface area contributed by atoms with Crippen LogP contribution in [0.5, 0.6) is 11.5 Å². The van der Waals surface area contributed by atoms with Gasteiger partial charge < -0.3 is 9.47 Å². The summed E-state index contributed by atoms with van der Waals surface area (Å²) >= 11 is 6.40. The largest absolute Gasteiger partial charge is 0.493 e. The van der Waals surface area contributed by atoms with E-state index in [0.717, 1.165) is 31.2 Å². The SMILES string of the molecule is COc1ccc(S(=O)(=O)N2CCCCCC2c2ccccc2Cl)cc1OC. The summed E-state index contributed by atoms with van der Waals surface area (Å²) in [6.07, 6.45) is 3.54. The van der Waals surface area contributed by atoms with Gasteiger partial charge in [0.15, 0.2) is 11.5 Å². The highest BCUT2D eigenvalue weighted by Gasteiger charge is 2.34. The average Bonchev–Trinajstić information content (AvgIpc) is 2.94. The fourth-order valence-electron chi connectivity index (χ4n) is 3.54. The number of methoxy groups -OCH3 is 2. The zero-order valence-electron chi connectivity index (χ0n) is 15.5. The smallest absolute Gasteiger partial charge is 0.243 e. The lowest BCUT2D eigenvalue weighted by Gasteiger charge is -2.30. The van der Waals surface area contributed by atoms with E-state index in [1.165, 1.54) is 20.3 Å². The fourth-order valence-corrected chi connectivity index (χ4v) is 5.49. The Bertz CT molecular complexity index is 901. The van der Waals surface area contributed by atoms with Gasteiger partial charge in [0.05, 0.1) is 25.2 Å². The molecule has 1 aliphatic rings. The Morgan fingerprint density at radius 3 is 2.44 bits per heavy atom. The van der Waals surface area contributed by atoms with Crippen LogP contribution >= 0.6 is 11.6 Å². The molecular formula is C20H24ClNO4S. The summed E-state index contributed by atoms with van der Waals surface area (Å²) in [6, 6.07) is 11.9. The molecule has 5 nitrogen and oxygen atoms in total. The van der Waals surface area contributed by atoms with Gasteiger partial charge in [-0.3, -0.25) is 0 Å². The molecule has 0 aliphatic carbocycles. The zero-order valence-corrected chi connectivity index (χ0v) is 17.1. The summed E-state index contributed by atoms with van der Waals surface area (Å²) in [7, 11) is -0.703. The molecule has 1 aliphatic heterocycles. The number of rotatable bonds is 5. The lowest BCUT2D eigenvalue weighted by molar-refractivity contribution is 0.328. The third-order valence-corrected chi connectivity index (χ3v) is 7.18. The van der Waals surface area contributed by atoms with Gasteiger partial charge in [0.25, 0.3) is 0 Å². The van der Waals surface area contributed by atoms with Crippen LogP contribution in [0.25, 0.3) is 0 Å². The second-order valence-electron chi connectivity index (χ2n) is 6.52. The highest BCUT2D eigenvalue weighted by Crippen LogP contribution is 2.39. The zero-order chi connectivity index (χ0) is 19.4. The van der Waals surface area contributed by atoms with Gasteiger partial charge in [-0.1, -0.05) is 42.6 Å². The molecule has 2 aromatic carbocycles. The molecule has 0 N–H and O–H groups in total. The van der Waals surface area contributed by atoms with Gasteiger partial charge in [-0.25, -0.2) is 8.42 Å². The van der Waals surface area contributed by atoms with Crippen molar-refractivity contribution in [3.8, 4) is 11.5 Å². The molecule has 1 fully saturated rings. The maximum absolute atomic E-state index is 13.5. The van der Waals surface area contributed by atoms with Gasteiger partial charge in [-0.05, 0) is 36.6 Å². The maximum atomic E-state index is 13.5. The predicted octanol–water partition coefficient (Wildman–Crippen LogP) is 4.66. The number of sulfonamides is 1. The van der Waals surface area contributed by atoms with E-state index >= 15 is 0 Å². The van der Waals surface area contributed by atoms with Crippen molar-refractivity contribution in [2.45, 2.75) is 36.6 Å². The Labute approximate surface area is 165 Å². The van der Waals surface area contributed by atoms with Crippen LogP contribution in [0.15, 0.2) is 47.4 Å². The van der Waals surface area contributed by atoms with Gasteiger partial charge in [-0.15, -0.1) is 0 Å². The highest BCUT2D eigenvalue weighted by molar-refractivity contribution is 7.89. The van der Waals surface area contributed by atoms with Crippen molar-refractivity contribution in [2.24, 2.45) is 0 Å². The molecule has 0 amide bonds. The molecule has 7 heteroatoms. The summed E-state index contributed by atoms with van der Waals surface area (Å²) in [5.74, 6) is 0.887. The summed E-state index contributed by atoms with van der Waals surface area (Å²) < 4.78 is 39.1. The lowest BCUT2D eigenvalue weighted by Crippen LogP contribution is -2.35. The number of ether oxygens (including phenoxy) is 2. The predicted molar refractivity (Wildman–Crippen MR) is 106 cm³/mol. The molecule has 1 unspecified atom stereocenters. The number of halogens is 1. The molecule has 146 valence electrons. The van der Waals surface area contributed by atoms with Gasteiger partial charge in [0.1, 0.15) is 0 Å². The first-order valence-electron chi connectivity index (χ1n) is 8.97. The molecule has 0 spiro atoms. The second-order valence-corrected chi connectivity index (χ2v) is 8.82. The lowest BCUT2D eigenvalue weighted by atomic mass is 10.0. The van der Waals surface area contributed by atoms with Crippen LogP contribution in [-0.4, -0.2) is 33.5 Å². The van der Waals surface area contributed by atoms with Crippen LogP contribution in [0, 0.1) is 0 Å². The van der Waals surface area contributed by atoms with Crippen molar-refractivity contribution in [1.29, 1.82) is 0 Å². The monoisotopic (exact) mass is 409 g/mol. The van der Waals surface area contributed by atoms with Gasteiger partial charge >= 0.3 is 0 Å². The summed E-state index contributed by atoms with van der Waals surface area (Å²) in [6.45, 7) is 0.465. The third-order valence-electron chi connectivity index (χ3n) is 4.93.